The molecule has 0 saturated carbocycles. The van der Waals surface area contributed by atoms with Crippen LogP contribution in [-0.4, -0.2) is 16.1 Å². The lowest BCUT2D eigenvalue weighted by Crippen LogP contribution is -2.15. The van der Waals surface area contributed by atoms with Crippen LogP contribution in [0.25, 0.3) is 0 Å². The maximum Gasteiger partial charge on any atom is 0.229 e. The van der Waals surface area contributed by atoms with Crippen LogP contribution in [0.1, 0.15) is 25.1 Å². The first-order valence-corrected chi connectivity index (χ1v) is 6.38. The van der Waals surface area contributed by atoms with Crippen LogP contribution in [0.5, 0.6) is 0 Å². The smallest absolute Gasteiger partial charge is 0.229 e. The second-order valence-corrected chi connectivity index (χ2v) is 3.77. The molecule has 0 aliphatic carbocycles. The molecule has 0 spiro atoms. The molecule has 0 unspecified atom stereocenters. The lowest BCUT2D eigenvalue weighted by molar-refractivity contribution is -0.115. The van der Waals surface area contributed by atoms with E-state index in [9.17, 15) is 4.79 Å². The molecule has 100 valence electrons. The van der Waals surface area contributed by atoms with Crippen molar-refractivity contribution >= 4 is 11.7 Å². The van der Waals surface area contributed by atoms with Crippen molar-refractivity contribution in [1.29, 1.82) is 0 Å². The number of amides is 1. The van der Waals surface area contributed by atoms with E-state index in [0.717, 1.165) is 11.3 Å². The summed E-state index contributed by atoms with van der Waals surface area (Å²) < 4.78 is 0. The van der Waals surface area contributed by atoms with E-state index in [0.29, 0.717) is 12.2 Å². The zero-order chi connectivity index (χ0) is 14.1. The van der Waals surface area contributed by atoms with Gasteiger partial charge in [-0.15, -0.1) is 5.10 Å². The van der Waals surface area contributed by atoms with E-state index in [-0.39, 0.29) is 5.91 Å². The number of hydrogen-bond donors (Lipinski definition) is 1. The molecule has 1 heterocycles. The van der Waals surface area contributed by atoms with Crippen LogP contribution in [-0.2, 0) is 11.2 Å². The summed E-state index contributed by atoms with van der Waals surface area (Å²) in [6, 6.07) is 13.1. The summed E-state index contributed by atoms with van der Waals surface area (Å²) >= 11 is 0. The minimum Gasteiger partial charge on any atom is -0.309 e. The number of benzene rings is 1. The molecule has 1 N–H and O–H groups in total. The minimum absolute atomic E-state index is 0.0886. The Balaban J connectivity index is 0.000000861. The van der Waals surface area contributed by atoms with Crippen LogP contribution < -0.4 is 5.32 Å². The highest BCUT2D eigenvalue weighted by Gasteiger charge is 2.04. The highest BCUT2D eigenvalue weighted by atomic mass is 16.1. The third-order valence-corrected chi connectivity index (χ3v) is 2.27. The first-order valence-electron chi connectivity index (χ1n) is 6.38. The van der Waals surface area contributed by atoms with Crippen LogP contribution in [0.15, 0.2) is 42.5 Å². The Morgan fingerprint density at radius 1 is 1.05 bits per heavy atom. The molecule has 0 aliphatic rings. The van der Waals surface area contributed by atoms with Gasteiger partial charge in [0.05, 0.1) is 12.1 Å². The van der Waals surface area contributed by atoms with Crippen molar-refractivity contribution in [3.8, 4) is 0 Å². The highest BCUT2D eigenvalue weighted by Crippen LogP contribution is 2.04. The highest BCUT2D eigenvalue weighted by molar-refractivity contribution is 5.91. The van der Waals surface area contributed by atoms with Crippen molar-refractivity contribution in [1.82, 2.24) is 10.2 Å². The van der Waals surface area contributed by atoms with E-state index in [2.05, 4.69) is 15.5 Å². The molecule has 2 rings (SSSR count). The monoisotopic (exact) mass is 257 g/mol. The van der Waals surface area contributed by atoms with Crippen LogP contribution in [0.4, 0.5) is 5.82 Å². The minimum atomic E-state index is -0.0886. The number of hydrogen-bond acceptors (Lipinski definition) is 3. The Labute approximate surface area is 113 Å². The number of aryl methyl sites for hydroxylation is 1. The second-order valence-electron chi connectivity index (χ2n) is 3.77. The van der Waals surface area contributed by atoms with Crippen molar-refractivity contribution in [3.05, 3.63) is 53.7 Å². The molecule has 4 heteroatoms. The fraction of sp³-hybridized carbons (Fsp3) is 0.267. The maximum absolute atomic E-state index is 11.7. The number of nitrogens with zero attached hydrogens (tertiary/aromatic N) is 2. The molecule has 0 bridgehead atoms. The Morgan fingerprint density at radius 2 is 1.74 bits per heavy atom. The van der Waals surface area contributed by atoms with Gasteiger partial charge in [0.15, 0.2) is 5.82 Å². The summed E-state index contributed by atoms with van der Waals surface area (Å²) in [6.07, 6.45) is 0.344. The van der Waals surface area contributed by atoms with Crippen molar-refractivity contribution in [2.75, 3.05) is 5.32 Å². The Bertz CT molecular complexity index is 495. The molecule has 0 radical (unpaired) electrons. The maximum atomic E-state index is 11.7. The summed E-state index contributed by atoms with van der Waals surface area (Å²) in [5, 5.41) is 10.5. The summed E-state index contributed by atoms with van der Waals surface area (Å²) in [5.74, 6) is 0.394. The van der Waals surface area contributed by atoms with Crippen LogP contribution in [0, 0.1) is 6.92 Å². The zero-order valence-electron chi connectivity index (χ0n) is 11.6. The van der Waals surface area contributed by atoms with Crippen molar-refractivity contribution in [3.63, 3.8) is 0 Å². The molecule has 1 amide bonds. The average molecular weight is 257 g/mol. The average Bonchev–Trinajstić information content (AvgIpc) is 2.45. The Hall–Kier alpha value is -2.23. The first kappa shape index (κ1) is 14.8. The Kier molecular flexibility index (Phi) is 6.22. The lowest BCUT2D eigenvalue weighted by Gasteiger charge is -2.03. The summed E-state index contributed by atoms with van der Waals surface area (Å²) in [7, 11) is 0. The van der Waals surface area contributed by atoms with Crippen molar-refractivity contribution in [2.45, 2.75) is 27.2 Å². The second kappa shape index (κ2) is 7.97. The topological polar surface area (TPSA) is 54.9 Å². The van der Waals surface area contributed by atoms with Gasteiger partial charge in [0.1, 0.15) is 0 Å². The van der Waals surface area contributed by atoms with Gasteiger partial charge in [-0.2, -0.15) is 5.10 Å². The predicted molar refractivity (Wildman–Crippen MR) is 76.9 cm³/mol. The standard InChI is InChI=1S/C13H13N3O.C2H6/c1-10-7-8-12(16-15-10)14-13(17)9-11-5-3-2-4-6-11;1-2/h2-8H,9H2,1H3,(H,14,16,17);1-2H3. The molecule has 19 heavy (non-hydrogen) atoms. The molecule has 0 atom stereocenters. The van der Waals surface area contributed by atoms with E-state index in [1.165, 1.54) is 0 Å². The van der Waals surface area contributed by atoms with E-state index in [1.807, 2.05) is 57.2 Å². The number of carbonyl (C=O) groups excluding carboxylic acids is 1. The van der Waals surface area contributed by atoms with Crippen LogP contribution in [0.2, 0.25) is 0 Å². The predicted octanol–water partition coefficient (Wildman–Crippen LogP) is 2.99. The molecule has 0 saturated heterocycles. The quantitative estimate of drug-likeness (QED) is 0.919. The van der Waals surface area contributed by atoms with Crippen LogP contribution >= 0.6 is 0 Å². The summed E-state index contributed by atoms with van der Waals surface area (Å²) in [5.41, 5.74) is 1.80. The van der Waals surface area contributed by atoms with Gasteiger partial charge in [-0.05, 0) is 24.6 Å². The van der Waals surface area contributed by atoms with E-state index < -0.39 is 0 Å². The molecule has 0 fully saturated rings. The molecule has 2 aromatic rings. The molecule has 0 aliphatic heterocycles. The third-order valence-electron chi connectivity index (χ3n) is 2.27. The molecular formula is C15H19N3O. The number of nitrogens with one attached hydrogen (secondary N) is 1. The van der Waals surface area contributed by atoms with Gasteiger partial charge in [0, 0.05) is 0 Å². The molecule has 4 nitrogen and oxygen atoms in total. The van der Waals surface area contributed by atoms with E-state index in [1.54, 1.807) is 6.07 Å². The molecule has 1 aromatic carbocycles. The van der Waals surface area contributed by atoms with Crippen LogP contribution in [0.3, 0.4) is 0 Å². The number of aromatic nitrogens is 2. The zero-order valence-corrected chi connectivity index (χ0v) is 11.6. The number of rotatable bonds is 3. The fourth-order valence-corrected chi connectivity index (χ4v) is 1.43. The van der Waals surface area contributed by atoms with Gasteiger partial charge in [-0.25, -0.2) is 0 Å². The van der Waals surface area contributed by atoms with Gasteiger partial charge < -0.3 is 5.32 Å². The Morgan fingerprint density at radius 3 is 2.32 bits per heavy atom. The largest absolute Gasteiger partial charge is 0.309 e. The van der Waals surface area contributed by atoms with Crippen molar-refractivity contribution < 1.29 is 4.79 Å². The number of carbonyl (C=O) groups is 1. The van der Waals surface area contributed by atoms with Gasteiger partial charge in [-0.1, -0.05) is 44.2 Å². The van der Waals surface area contributed by atoms with E-state index in [4.69, 9.17) is 0 Å². The number of anilines is 1. The first-order chi connectivity index (χ1) is 9.24. The van der Waals surface area contributed by atoms with E-state index >= 15 is 0 Å². The third kappa shape index (κ3) is 5.29. The van der Waals surface area contributed by atoms with Gasteiger partial charge in [0.25, 0.3) is 0 Å². The SMILES string of the molecule is CC.Cc1ccc(NC(=O)Cc2ccccc2)nn1. The summed E-state index contributed by atoms with van der Waals surface area (Å²) in [6.45, 7) is 5.85. The normalized spacial score (nSPS) is 9.21. The summed E-state index contributed by atoms with van der Waals surface area (Å²) in [4.78, 5) is 11.7. The van der Waals surface area contributed by atoms with Gasteiger partial charge >= 0.3 is 0 Å². The van der Waals surface area contributed by atoms with Gasteiger partial charge in [0.2, 0.25) is 5.91 Å². The molecule has 1 aromatic heterocycles. The lowest BCUT2D eigenvalue weighted by atomic mass is 10.1. The van der Waals surface area contributed by atoms with Gasteiger partial charge in [-0.3, -0.25) is 4.79 Å². The molecular weight excluding hydrogens is 238 g/mol. The fourth-order valence-electron chi connectivity index (χ4n) is 1.43. The van der Waals surface area contributed by atoms with Crippen molar-refractivity contribution in [2.24, 2.45) is 0 Å².